The second kappa shape index (κ2) is 14.6. The number of carbonyl (C=O) groups excluding carboxylic acids is 2. The first kappa shape index (κ1) is 29.9. The lowest BCUT2D eigenvalue weighted by molar-refractivity contribution is 0.0706. The number of rotatable bonds is 11. The second-order valence-electron chi connectivity index (χ2n) is 10.5. The Labute approximate surface area is 242 Å². The fourth-order valence-electron chi connectivity index (χ4n) is 5.27. The van der Waals surface area contributed by atoms with Gasteiger partial charge in [0.1, 0.15) is 5.75 Å². The molecule has 1 aliphatic rings. The zero-order valence-corrected chi connectivity index (χ0v) is 24.2. The van der Waals surface area contributed by atoms with E-state index in [9.17, 15) is 14.7 Å². The molecule has 218 valence electrons. The molecule has 3 aromatic carbocycles. The van der Waals surface area contributed by atoms with Crippen LogP contribution in [-0.4, -0.2) is 55.8 Å². The van der Waals surface area contributed by atoms with Crippen molar-refractivity contribution >= 4 is 12.0 Å². The minimum absolute atomic E-state index is 0.00880. The molecular weight excluding hydrogens is 518 g/mol. The highest BCUT2D eigenvalue weighted by atomic mass is 16.5. The molecule has 1 heterocycles. The molecule has 0 aromatic heterocycles. The van der Waals surface area contributed by atoms with Gasteiger partial charge in [0.15, 0.2) is 11.5 Å². The molecule has 1 fully saturated rings. The largest absolute Gasteiger partial charge is 0.504 e. The maximum atomic E-state index is 13.4. The van der Waals surface area contributed by atoms with Gasteiger partial charge in [-0.2, -0.15) is 0 Å². The molecule has 2 amide bonds. The second-order valence-corrected chi connectivity index (χ2v) is 10.5. The van der Waals surface area contributed by atoms with Crippen LogP contribution in [-0.2, 0) is 17.7 Å². The molecule has 41 heavy (non-hydrogen) atoms. The number of aryl methyl sites for hydroxylation is 2. The van der Waals surface area contributed by atoms with Crippen molar-refractivity contribution in [1.82, 2.24) is 15.5 Å². The summed E-state index contributed by atoms with van der Waals surface area (Å²) in [4.78, 5) is 26.6. The molecule has 1 saturated heterocycles. The number of para-hydroxylation sites is 1. The number of hydrogen-bond acceptors (Lipinski definition) is 6. The summed E-state index contributed by atoms with van der Waals surface area (Å²) >= 11 is 0. The van der Waals surface area contributed by atoms with Crippen LogP contribution in [0.2, 0.25) is 0 Å². The van der Waals surface area contributed by atoms with Gasteiger partial charge in [-0.1, -0.05) is 42.5 Å². The third kappa shape index (κ3) is 7.79. The number of amides is 2. The number of nitrogens with one attached hydrogen (secondary N) is 2. The van der Waals surface area contributed by atoms with E-state index in [1.807, 2.05) is 79.5 Å². The number of carbonyl (C=O) groups is 2. The standard InChI is InChI=1S/C33H41N3O5/c1-23-9-4-5-12-29(23)41-31-25(10-6-7-20-40-33(39)35-3)17-18-28(30(31)37)27-11-8-19-36(22-27)32(38)26-15-13-24(14-16-26)21-34-2/h4-5,9,12-18,27,34,37H,6-8,10-11,19-22H2,1-3H3,(H,35,39)/t27-/m0/s1. The van der Waals surface area contributed by atoms with Gasteiger partial charge in [-0.05, 0) is 81.0 Å². The summed E-state index contributed by atoms with van der Waals surface area (Å²) in [6, 6.07) is 19.5. The minimum atomic E-state index is -0.443. The summed E-state index contributed by atoms with van der Waals surface area (Å²) in [6.07, 6.45) is 3.40. The number of unbranched alkanes of at least 4 members (excludes halogenated alkanes) is 1. The van der Waals surface area contributed by atoms with E-state index in [0.29, 0.717) is 49.6 Å². The predicted octanol–water partition coefficient (Wildman–Crippen LogP) is 5.91. The molecule has 0 unspecified atom stereocenters. The lowest BCUT2D eigenvalue weighted by Gasteiger charge is -2.34. The zero-order valence-electron chi connectivity index (χ0n) is 24.2. The quantitative estimate of drug-likeness (QED) is 0.253. The normalized spacial score (nSPS) is 14.9. The Morgan fingerprint density at radius 1 is 1.02 bits per heavy atom. The van der Waals surface area contributed by atoms with Crippen LogP contribution in [0, 0.1) is 6.92 Å². The lowest BCUT2D eigenvalue weighted by Crippen LogP contribution is -2.39. The number of benzene rings is 3. The number of phenolic OH excluding ortho intramolecular Hbond substituents is 1. The van der Waals surface area contributed by atoms with Gasteiger partial charge in [-0.3, -0.25) is 4.79 Å². The number of phenols is 1. The molecule has 1 atom stereocenters. The lowest BCUT2D eigenvalue weighted by atomic mass is 9.88. The predicted molar refractivity (Wildman–Crippen MR) is 160 cm³/mol. The van der Waals surface area contributed by atoms with E-state index in [2.05, 4.69) is 10.6 Å². The number of nitrogens with zero attached hydrogens (tertiary/aromatic N) is 1. The molecule has 0 radical (unpaired) electrons. The Hall–Kier alpha value is -4.04. The van der Waals surface area contributed by atoms with Crippen LogP contribution < -0.4 is 15.4 Å². The first-order valence-corrected chi connectivity index (χ1v) is 14.4. The van der Waals surface area contributed by atoms with Crippen molar-refractivity contribution < 1.29 is 24.2 Å². The number of ether oxygens (including phenoxy) is 2. The molecule has 8 heteroatoms. The SMILES string of the molecule is CNCc1ccc(C(=O)N2CCC[C@H](c3ccc(CCCCOC(=O)NC)c(Oc4ccccc4C)c3O)C2)cc1. The molecule has 8 nitrogen and oxygen atoms in total. The Kier molecular flexibility index (Phi) is 10.6. The molecule has 4 rings (SSSR count). The van der Waals surface area contributed by atoms with Crippen molar-refractivity contribution in [3.63, 3.8) is 0 Å². The Morgan fingerprint density at radius 2 is 1.80 bits per heavy atom. The van der Waals surface area contributed by atoms with Crippen LogP contribution in [0.5, 0.6) is 17.2 Å². The van der Waals surface area contributed by atoms with Crippen molar-refractivity contribution in [1.29, 1.82) is 0 Å². The molecular formula is C33H41N3O5. The zero-order chi connectivity index (χ0) is 29.2. The Balaban J connectivity index is 1.53. The first-order valence-electron chi connectivity index (χ1n) is 14.4. The average Bonchev–Trinajstić information content (AvgIpc) is 2.99. The van der Waals surface area contributed by atoms with Gasteiger partial charge in [0.25, 0.3) is 5.91 Å². The van der Waals surface area contributed by atoms with E-state index < -0.39 is 6.09 Å². The maximum absolute atomic E-state index is 13.4. The Bertz CT molecular complexity index is 1320. The van der Waals surface area contributed by atoms with E-state index in [1.54, 1.807) is 0 Å². The molecule has 3 aromatic rings. The van der Waals surface area contributed by atoms with Crippen molar-refractivity contribution in [3.8, 4) is 17.2 Å². The number of likely N-dealkylation sites (tertiary alicyclic amines) is 1. The van der Waals surface area contributed by atoms with Crippen LogP contribution in [0.4, 0.5) is 4.79 Å². The third-order valence-corrected chi connectivity index (χ3v) is 7.56. The van der Waals surface area contributed by atoms with Gasteiger partial charge in [-0.25, -0.2) is 4.79 Å². The maximum Gasteiger partial charge on any atom is 0.406 e. The van der Waals surface area contributed by atoms with E-state index >= 15 is 0 Å². The fourth-order valence-corrected chi connectivity index (χ4v) is 5.27. The highest BCUT2D eigenvalue weighted by Crippen LogP contribution is 2.43. The minimum Gasteiger partial charge on any atom is -0.504 e. The highest BCUT2D eigenvalue weighted by molar-refractivity contribution is 5.94. The average molecular weight is 560 g/mol. The van der Waals surface area contributed by atoms with E-state index in [-0.39, 0.29) is 17.6 Å². The van der Waals surface area contributed by atoms with Gasteiger partial charge in [0.2, 0.25) is 0 Å². The van der Waals surface area contributed by atoms with E-state index in [1.165, 1.54) is 7.05 Å². The topological polar surface area (TPSA) is 100 Å². The molecule has 0 aliphatic carbocycles. The molecule has 3 N–H and O–H groups in total. The molecule has 0 spiro atoms. The van der Waals surface area contributed by atoms with E-state index in [4.69, 9.17) is 9.47 Å². The smallest absolute Gasteiger partial charge is 0.406 e. The van der Waals surface area contributed by atoms with Crippen LogP contribution in [0.3, 0.4) is 0 Å². The van der Waals surface area contributed by atoms with Crippen LogP contribution >= 0.6 is 0 Å². The van der Waals surface area contributed by atoms with Crippen molar-refractivity contribution in [3.05, 3.63) is 88.5 Å². The van der Waals surface area contributed by atoms with Crippen LogP contribution in [0.15, 0.2) is 60.7 Å². The summed E-state index contributed by atoms with van der Waals surface area (Å²) in [5.41, 5.74) is 4.46. The fraction of sp³-hybridized carbons (Fsp3) is 0.394. The van der Waals surface area contributed by atoms with Crippen LogP contribution in [0.1, 0.15) is 64.2 Å². The van der Waals surface area contributed by atoms with Crippen LogP contribution in [0.25, 0.3) is 0 Å². The summed E-state index contributed by atoms with van der Waals surface area (Å²) < 4.78 is 11.5. The number of alkyl carbamates (subject to hydrolysis) is 1. The summed E-state index contributed by atoms with van der Waals surface area (Å²) in [5, 5.41) is 17.2. The van der Waals surface area contributed by atoms with Gasteiger partial charge >= 0.3 is 6.09 Å². The molecule has 0 bridgehead atoms. The van der Waals surface area contributed by atoms with E-state index in [0.717, 1.165) is 48.1 Å². The highest BCUT2D eigenvalue weighted by Gasteiger charge is 2.29. The van der Waals surface area contributed by atoms with Gasteiger partial charge in [0.05, 0.1) is 6.61 Å². The van der Waals surface area contributed by atoms with Crippen molar-refractivity contribution in [2.45, 2.75) is 51.5 Å². The number of aromatic hydroxyl groups is 1. The van der Waals surface area contributed by atoms with Crippen molar-refractivity contribution in [2.75, 3.05) is 33.8 Å². The third-order valence-electron chi connectivity index (χ3n) is 7.56. The summed E-state index contributed by atoms with van der Waals surface area (Å²) in [7, 11) is 3.43. The summed E-state index contributed by atoms with van der Waals surface area (Å²) in [5.74, 6) is 1.27. The first-order chi connectivity index (χ1) is 19.9. The number of piperidine rings is 1. The molecule has 0 saturated carbocycles. The number of hydrogen-bond donors (Lipinski definition) is 3. The Morgan fingerprint density at radius 3 is 2.54 bits per heavy atom. The summed E-state index contributed by atoms with van der Waals surface area (Å²) in [6.45, 7) is 4.28. The van der Waals surface area contributed by atoms with Crippen molar-refractivity contribution in [2.24, 2.45) is 0 Å². The molecule has 1 aliphatic heterocycles. The van der Waals surface area contributed by atoms with Gasteiger partial charge in [-0.15, -0.1) is 0 Å². The van der Waals surface area contributed by atoms with Gasteiger partial charge < -0.3 is 30.1 Å². The van der Waals surface area contributed by atoms with Gasteiger partial charge in [0, 0.05) is 43.7 Å². The monoisotopic (exact) mass is 559 g/mol.